The first kappa shape index (κ1) is 22.4. The number of nitrogens with two attached hydrogens (primary N) is 1. The number of piperidine rings is 1. The first-order chi connectivity index (χ1) is 16.0. The number of halogens is 1. The van der Waals surface area contributed by atoms with Crippen LogP contribution in [-0.2, 0) is 16.0 Å². The molecule has 1 aromatic carbocycles. The summed E-state index contributed by atoms with van der Waals surface area (Å²) in [7, 11) is 0. The number of ether oxygens (including phenoxy) is 1. The normalized spacial score (nSPS) is 24.7. The van der Waals surface area contributed by atoms with Crippen LogP contribution in [0.15, 0.2) is 24.3 Å². The van der Waals surface area contributed by atoms with Crippen molar-refractivity contribution < 1.29 is 9.53 Å². The van der Waals surface area contributed by atoms with Gasteiger partial charge >= 0.3 is 0 Å². The van der Waals surface area contributed by atoms with Gasteiger partial charge in [0.05, 0.1) is 6.61 Å². The summed E-state index contributed by atoms with van der Waals surface area (Å²) in [5.74, 6) is 1.04. The number of nitrogens with one attached hydrogen (secondary N) is 2. The van der Waals surface area contributed by atoms with E-state index in [4.69, 9.17) is 22.1 Å². The molecule has 3 aliphatic rings. The Morgan fingerprint density at radius 3 is 2.64 bits per heavy atom. The molecule has 2 aromatic rings. The number of nitrogens with zero attached hydrogens (tertiary/aromatic N) is 4. The van der Waals surface area contributed by atoms with E-state index >= 15 is 0 Å². The zero-order valence-electron chi connectivity index (χ0n) is 18.8. The second-order valence-corrected chi connectivity index (χ2v) is 9.80. The monoisotopic (exact) mass is 473 g/mol. The fraction of sp³-hybridized carbons (Fsp3) is 0.609. The number of hydrogen-bond donors (Lipinski definition) is 3. The topological polar surface area (TPSA) is 112 Å². The predicted octanol–water partition coefficient (Wildman–Crippen LogP) is 1.99. The van der Waals surface area contributed by atoms with Crippen molar-refractivity contribution in [2.24, 2.45) is 0 Å². The first-order valence-corrected chi connectivity index (χ1v) is 12.3. The Morgan fingerprint density at radius 1 is 1.21 bits per heavy atom. The molecule has 1 aromatic heterocycles. The molecule has 1 aliphatic carbocycles. The highest BCUT2D eigenvalue weighted by Crippen LogP contribution is 2.27. The first-order valence-electron chi connectivity index (χ1n) is 11.9. The molecule has 0 radical (unpaired) electrons. The van der Waals surface area contributed by atoms with Gasteiger partial charge in [0.1, 0.15) is 6.10 Å². The summed E-state index contributed by atoms with van der Waals surface area (Å²) >= 11 is 6.04. The second kappa shape index (κ2) is 9.87. The van der Waals surface area contributed by atoms with Crippen molar-refractivity contribution in [3.8, 4) is 0 Å². The van der Waals surface area contributed by atoms with Gasteiger partial charge in [0.15, 0.2) is 0 Å². The molecular weight excluding hydrogens is 442 g/mol. The number of nitrogen functional groups attached to an aromatic ring is 1. The average molecular weight is 474 g/mol. The third kappa shape index (κ3) is 5.59. The van der Waals surface area contributed by atoms with Gasteiger partial charge in [-0.05, 0) is 56.2 Å². The Kier molecular flexibility index (Phi) is 6.71. The highest BCUT2D eigenvalue weighted by atomic mass is 35.5. The fourth-order valence-corrected chi connectivity index (χ4v) is 5.01. The second-order valence-electron chi connectivity index (χ2n) is 9.36. The lowest BCUT2D eigenvalue weighted by Crippen LogP contribution is -2.59. The fourth-order valence-electron chi connectivity index (χ4n) is 4.88. The molecule has 2 aliphatic heterocycles. The SMILES string of the molecule is Nc1nc(N2CCC(N3C[C@H](C(=O)NC4CC4)OC[C@@H]3CCc3ccc(Cl)cc3)CC2)n[nH]1. The molecule has 0 spiro atoms. The van der Waals surface area contributed by atoms with Gasteiger partial charge in [-0.1, -0.05) is 23.7 Å². The summed E-state index contributed by atoms with van der Waals surface area (Å²) < 4.78 is 6.08. The van der Waals surface area contributed by atoms with Gasteiger partial charge in [-0.15, -0.1) is 5.10 Å². The van der Waals surface area contributed by atoms with E-state index in [0.29, 0.717) is 37.1 Å². The van der Waals surface area contributed by atoms with Crippen LogP contribution in [0.2, 0.25) is 5.02 Å². The third-order valence-corrected chi connectivity index (χ3v) is 7.19. The number of carbonyl (C=O) groups is 1. The molecule has 4 N–H and O–H groups in total. The Balaban J connectivity index is 1.23. The Morgan fingerprint density at radius 2 is 1.97 bits per heavy atom. The number of aromatic nitrogens is 3. The lowest BCUT2D eigenvalue weighted by Gasteiger charge is -2.46. The number of amides is 1. The quantitative estimate of drug-likeness (QED) is 0.563. The van der Waals surface area contributed by atoms with E-state index in [-0.39, 0.29) is 11.9 Å². The number of aryl methyl sites for hydroxylation is 1. The maximum atomic E-state index is 12.7. The minimum atomic E-state index is -0.400. The van der Waals surface area contributed by atoms with E-state index in [0.717, 1.165) is 56.6 Å². The molecule has 1 amide bonds. The van der Waals surface area contributed by atoms with Crippen LogP contribution in [0.1, 0.15) is 37.7 Å². The van der Waals surface area contributed by atoms with Crippen molar-refractivity contribution in [1.29, 1.82) is 0 Å². The molecule has 3 heterocycles. The number of anilines is 2. The van der Waals surface area contributed by atoms with Crippen molar-refractivity contribution in [2.75, 3.05) is 36.9 Å². The summed E-state index contributed by atoms with van der Waals surface area (Å²) in [6.45, 7) is 2.94. The molecule has 3 fully saturated rings. The highest BCUT2D eigenvalue weighted by Gasteiger charge is 2.39. The average Bonchev–Trinajstić information content (AvgIpc) is 3.55. The van der Waals surface area contributed by atoms with Gasteiger partial charge < -0.3 is 20.7 Å². The molecule has 10 heteroatoms. The van der Waals surface area contributed by atoms with Crippen molar-refractivity contribution in [3.63, 3.8) is 0 Å². The maximum Gasteiger partial charge on any atom is 0.250 e. The van der Waals surface area contributed by atoms with E-state index in [9.17, 15) is 4.79 Å². The summed E-state index contributed by atoms with van der Waals surface area (Å²) in [4.78, 5) is 21.7. The summed E-state index contributed by atoms with van der Waals surface area (Å²) in [6.07, 6.45) is 5.67. The van der Waals surface area contributed by atoms with Crippen molar-refractivity contribution in [1.82, 2.24) is 25.4 Å². The molecule has 9 nitrogen and oxygen atoms in total. The number of benzene rings is 1. The van der Waals surface area contributed by atoms with E-state index < -0.39 is 6.10 Å². The number of morpholine rings is 1. The largest absolute Gasteiger partial charge is 0.368 e. The van der Waals surface area contributed by atoms with E-state index in [1.165, 1.54) is 5.56 Å². The molecule has 1 saturated carbocycles. The van der Waals surface area contributed by atoms with Crippen LogP contribution >= 0.6 is 11.6 Å². The van der Waals surface area contributed by atoms with Crippen LogP contribution in [-0.4, -0.2) is 76.5 Å². The Bertz CT molecular complexity index is 941. The minimum absolute atomic E-state index is 0.0345. The number of H-pyrrole nitrogens is 1. The summed E-state index contributed by atoms with van der Waals surface area (Å²) in [5, 5.41) is 10.8. The van der Waals surface area contributed by atoms with Gasteiger partial charge in [0.25, 0.3) is 5.91 Å². The van der Waals surface area contributed by atoms with Gasteiger partial charge in [-0.3, -0.25) is 9.69 Å². The molecule has 178 valence electrons. The molecule has 33 heavy (non-hydrogen) atoms. The third-order valence-electron chi connectivity index (χ3n) is 6.94. The molecule has 0 unspecified atom stereocenters. The predicted molar refractivity (Wildman–Crippen MR) is 127 cm³/mol. The number of aromatic amines is 1. The van der Waals surface area contributed by atoms with Crippen molar-refractivity contribution in [3.05, 3.63) is 34.9 Å². The zero-order chi connectivity index (χ0) is 22.8. The minimum Gasteiger partial charge on any atom is -0.368 e. The number of hydrogen-bond acceptors (Lipinski definition) is 7. The maximum absolute atomic E-state index is 12.7. The molecule has 5 rings (SSSR count). The van der Waals surface area contributed by atoms with E-state index in [1.54, 1.807) is 0 Å². The van der Waals surface area contributed by atoms with E-state index in [1.807, 2.05) is 12.1 Å². The molecule has 2 atom stereocenters. The summed E-state index contributed by atoms with van der Waals surface area (Å²) in [5.41, 5.74) is 6.96. The van der Waals surface area contributed by atoms with Gasteiger partial charge in [-0.2, -0.15) is 4.98 Å². The zero-order valence-corrected chi connectivity index (χ0v) is 19.5. The van der Waals surface area contributed by atoms with Crippen LogP contribution in [0.4, 0.5) is 11.9 Å². The number of rotatable bonds is 7. The highest BCUT2D eigenvalue weighted by molar-refractivity contribution is 6.30. The molecular formula is C23H32ClN7O2. The lowest BCUT2D eigenvalue weighted by atomic mass is 9.96. The number of carbonyl (C=O) groups excluding carboxylic acids is 1. The van der Waals surface area contributed by atoms with Crippen molar-refractivity contribution in [2.45, 2.75) is 62.8 Å². The summed E-state index contributed by atoms with van der Waals surface area (Å²) in [6, 6.07) is 9.07. The van der Waals surface area contributed by atoms with Crippen LogP contribution in [0.5, 0.6) is 0 Å². The van der Waals surface area contributed by atoms with Crippen LogP contribution < -0.4 is 16.0 Å². The van der Waals surface area contributed by atoms with E-state index in [2.05, 4.69) is 42.4 Å². The molecule has 0 bridgehead atoms. The van der Waals surface area contributed by atoms with Gasteiger partial charge in [0, 0.05) is 42.8 Å². The lowest BCUT2D eigenvalue weighted by molar-refractivity contribution is -0.145. The van der Waals surface area contributed by atoms with Crippen molar-refractivity contribution >= 4 is 29.4 Å². The smallest absolute Gasteiger partial charge is 0.250 e. The van der Waals surface area contributed by atoms with Crippen LogP contribution in [0.3, 0.4) is 0 Å². The molecule has 2 saturated heterocycles. The Hall–Kier alpha value is -2.36. The van der Waals surface area contributed by atoms with Gasteiger partial charge in [0.2, 0.25) is 11.9 Å². The van der Waals surface area contributed by atoms with Gasteiger partial charge in [-0.25, -0.2) is 5.10 Å². The Labute approximate surface area is 199 Å². The standard InChI is InChI=1S/C23H32ClN7O2/c24-16-4-1-15(2-5-16)3-8-19-14-33-20(21(32)26-17-6-7-17)13-31(19)18-9-11-30(12-10-18)23-27-22(25)28-29-23/h1-2,4-5,17-20H,3,6-14H2,(H,26,32)(H3,25,27,28,29)/t19-,20+/m0/s1. The van der Waals surface area contributed by atoms with Crippen LogP contribution in [0, 0.1) is 0 Å². The van der Waals surface area contributed by atoms with Crippen LogP contribution in [0.25, 0.3) is 0 Å².